The Morgan fingerprint density at radius 2 is 2.08 bits per heavy atom. The topological polar surface area (TPSA) is 72.5 Å². The van der Waals surface area contributed by atoms with Crippen molar-refractivity contribution in [3.8, 4) is 5.88 Å². The smallest absolute Gasteiger partial charge is 0.228 e. The fourth-order valence-corrected chi connectivity index (χ4v) is 2.69. The van der Waals surface area contributed by atoms with Crippen LogP contribution in [0, 0.1) is 5.41 Å². The third kappa shape index (κ3) is 6.61. The molecule has 2 rings (SSSR count). The van der Waals surface area contributed by atoms with E-state index in [4.69, 9.17) is 21.1 Å². The van der Waals surface area contributed by atoms with Crippen molar-refractivity contribution in [2.45, 2.75) is 12.8 Å². The van der Waals surface area contributed by atoms with E-state index in [0.29, 0.717) is 30.7 Å². The molecule has 1 aliphatic rings. The predicted molar refractivity (Wildman–Crippen MR) is 98.7 cm³/mol. The molecule has 24 heavy (non-hydrogen) atoms. The summed E-state index contributed by atoms with van der Waals surface area (Å²) in [5, 5.41) is 6.76. The lowest BCUT2D eigenvalue weighted by molar-refractivity contribution is -0.136. The van der Waals surface area contributed by atoms with Crippen molar-refractivity contribution in [2.24, 2.45) is 5.41 Å². The average Bonchev–Trinajstić information content (AvgIpc) is 2.54. The van der Waals surface area contributed by atoms with Crippen LogP contribution in [-0.4, -0.2) is 50.8 Å². The van der Waals surface area contributed by atoms with Gasteiger partial charge in [-0.15, -0.1) is 24.8 Å². The lowest BCUT2D eigenvalue weighted by Crippen LogP contribution is -2.50. The van der Waals surface area contributed by atoms with Crippen molar-refractivity contribution in [2.75, 3.05) is 40.0 Å². The molecule has 1 fully saturated rings. The highest BCUT2D eigenvalue weighted by Crippen LogP contribution is 2.29. The second-order valence-electron chi connectivity index (χ2n) is 5.38. The number of halogens is 3. The maximum absolute atomic E-state index is 12.5. The first-order chi connectivity index (χ1) is 10.7. The van der Waals surface area contributed by atoms with Gasteiger partial charge >= 0.3 is 0 Å². The molecule has 1 aliphatic heterocycles. The summed E-state index contributed by atoms with van der Waals surface area (Å²) < 4.78 is 10.7. The number of rotatable bonds is 7. The maximum Gasteiger partial charge on any atom is 0.228 e. The van der Waals surface area contributed by atoms with Crippen LogP contribution < -0.4 is 15.4 Å². The van der Waals surface area contributed by atoms with Gasteiger partial charge in [0.1, 0.15) is 6.61 Å². The summed E-state index contributed by atoms with van der Waals surface area (Å²) in [6.45, 7) is 2.91. The van der Waals surface area contributed by atoms with Crippen molar-refractivity contribution < 1.29 is 14.3 Å². The van der Waals surface area contributed by atoms with Crippen LogP contribution in [0.3, 0.4) is 0 Å². The quantitative estimate of drug-likeness (QED) is 0.686. The number of hydrogen-bond donors (Lipinski definition) is 2. The molecule has 0 radical (unpaired) electrons. The van der Waals surface area contributed by atoms with Gasteiger partial charge in [-0.3, -0.25) is 4.79 Å². The molecule has 0 aliphatic carbocycles. The molecule has 138 valence electrons. The number of methoxy groups -OCH3 is 1. The zero-order valence-electron chi connectivity index (χ0n) is 13.5. The van der Waals surface area contributed by atoms with E-state index in [1.54, 1.807) is 19.2 Å². The van der Waals surface area contributed by atoms with Gasteiger partial charge in [-0.2, -0.15) is 0 Å². The minimum absolute atomic E-state index is 0. The lowest BCUT2D eigenvalue weighted by atomic mass is 9.78. The highest BCUT2D eigenvalue weighted by Gasteiger charge is 2.39. The molecule has 1 saturated heterocycles. The first kappa shape index (κ1) is 23.2. The number of nitrogens with one attached hydrogen (secondary N) is 2. The molecule has 0 saturated carbocycles. The van der Waals surface area contributed by atoms with Gasteiger partial charge in [-0.1, -0.05) is 11.6 Å². The molecule has 2 N–H and O–H groups in total. The van der Waals surface area contributed by atoms with E-state index in [2.05, 4.69) is 15.6 Å². The van der Waals surface area contributed by atoms with Gasteiger partial charge in [0, 0.05) is 19.4 Å². The number of carbonyl (C=O) groups excluding carboxylic acids is 1. The van der Waals surface area contributed by atoms with Crippen LogP contribution in [0.4, 0.5) is 0 Å². The SMILES string of the molecule is COCC1(C(=O)NCCOc2ccc(Cl)cn2)CCNCC1.Cl.Cl. The van der Waals surface area contributed by atoms with Crippen LogP contribution in [0.25, 0.3) is 0 Å². The summed E-state index contributed by atoms with van der Waals surface area (Å²) in [7, 11) is 1.63. The first-order valence-corrected chi connectivity index (χ1v) is 7.76. The zero-order valence-corrected chi connectivity index (χ0v) is 15.9. The largest absolute Gasteiger partial charge is 0.476 e. The van der Waals surface area contributed by atoms with Gasteiger partial charge in [0.25, 0.3) is 0 Å². The van der Waals surface area contributed by atoms with Crippen LogP contribution in [0.5, 0.6) is 5.88 Å². The molecule has 1 aromatic rings. The molecule has 0 bridgehead atoms. The highest BCUT2D eigenvalue weighted by atomic mass is 35.5. The van der Waals surface area contributed by atoms with Crippen molar-refractivity contribution >= 4 is 42.3 Å². The van der Waals surface area contributed by atoms with E-state index in [9.17, 15) is 4.79 Å². The second-order valence-corrected chi connectivity index (χ2v) is 5.82. The van der Waals surface area contributed by atoms with E-state index >= 15 is 0 Å². The summed E-state index contributed by atoms with van der Waals surface area (Å²) >= 11 is 5.75. The molecule has 2 heterocycles. The minimum atomic E-state index is -0.432. The number of ether oxygens (including phenoxy) is 2. The van der Waals surface area contributed by atoms with E-state index in [1.165, 1.54) is 6.20 Å². The molecular weight excluding hydrogens is 377 g/mol. The molecule has 0 aromatic carbocycles. The molecule has 9 heteroatoms. The summed E-state index contributed by atoms with van der Waals surface area (Å²) in [5.74, 6) is 0.524. The average molecular weight is 401 g/mol. The number of hydrogen-bond acceptors (Lipinski definition) is 5. The van der Waals surface area contributed by atoms with Gasteiger partial charge in [0.2, 0.25) is 11.8 Å². The molecule has 6 nitrogen and oxygen atoms in total. The fourth-order valence-electron chi connectivity index (χ4n) is 2.57. The van der Waals surface area contributed by atoms with Gasteiger partial charge < -0.3 is 20.1 Å². The second kappa shape index (κ2) is 11.7. The van der Waals surface area contributed by atoms with Gasteiger partial charge in [0.15, 0.2) is 0 Å². The van der Waals surface area contributed by atoms with Crippen molar-refractivity contribution in [3.63, 3.8) is 0 Å². The molecule has 0 atom stereocenters. The third-order valence-electron chi connectivity index (χ3n) is 3.80. The Morgan fingerprint density at radius 3 is 2.67 bits per heavy atom. The zero-order chi connectivity index (χ0) is 15.8. The Labute approximate surface area is 159 Å². The highest BCUT2D eigenvalue weighted by molar-refractivity contribution is 6.30. The Hall–Kier alpha value is -0.790. The van der Waals surface area contributed by atoms with Gasteiger partial charge in [0.05, 0.1) is 23.6 Å². The van der Waals surface area contributed by atoms with Crippen molar-refractivity contribution in [3.05, 3.63) is 23.4 Å². The number of carbonyl (C=O) groups is 1. The normalized spacial score (nSPS) is 15.6. The summed E-state index contributed by atoms with van der Waals surface area (Å²) in [6, 6.07) is 3.41. The van der Waals surface area contributed by atoms with E-state index in [0.717, 1.165) is 25.9 Å². The summed E-state index contributed by atoms with van der Waals surface area (Å²) in [4.78, 5) is 16.5. The molecule has 0 spiro atoms. The van der Waals surface area contributed by atoms with E-state index in [-0.39, 0.29) is 30.7 Å². The summed E-state index contributed by atoms with van der Waals surface area (Å²) in [6.07, 6.45) is 3.09. The Bertz CT molecular complexity index is 477. The van der Waals surface area contributed by atoms with Crippen molar-refractivity contribution in [1.82, 2.24) is 15.6 Å². The van der Waals surface area contributed by atoms with E-state index < -0.39 is 5.41 Å². The van der Waals surface area contributed by atoms with Crippen LogP contribution in [-0.2, 0) is 9.53 Å². The fraction of sp³-hybridized carbons (Fsp3) is 0.600. The first-order valence-electron chi connectivity index (χ1n) is 7.39. The lowest BCUT2D eigenvalue weighted by Gasteiger charge is -2.35. The van der Waals surface area contributed by atoms with Crippen molar-refractivity contribution in [1.29, 1.82) is 0 Å². The third-order valence-corrected chi connectivity index (χ3v) is 4.02. The van der Waals surface area contributed by atoms with Crippen LogP contribution in [0.15, 0.2) is 18.3 Å². The number of pyridine rings is 1. The molecule has 1 amide bonds. The number of piperidine rings is 1. The molecule has 1 aromatic heterocycles. The Balaban J connectivity index is 0.00000264. The minimum Gasteiger partial charge on any atom is -0.476 e. The van der Waals surface area contributed by atoms with Gasteiger partial charge in [-0.05, 0) is 32.0 Å². The Morgan fingerprint density at radius 1 is 1.38 bits per heavy atom. The van der Waals surface area contributed by atoms with Crippen LogP contribution in [0.1, 0.15) is 12.8 Å². The summed E-state index contributed by atoms with van der Waals surface area (Å²) in [5.41, 5.74) is -0.432. The Kier molecular flexibility index (Phi) is 11.3. The van der Waals surface area contributed by atoms with Crippen LogP contribution in [0.2, 0.25) is 5.02 Å². The molecular formula is C15H24Cl3N3O3. The number of amides is 1. The van der Waals surface area contributed by atoms with Gasteiger partial charge in [-0.25, -0.2) is 4.98 Å². The predicted octanol–water partition coefficient (Wildman–Crippen LogP) is 2.09. The standard InChI is InChI=1S/C15H22ClN3O3.2ClH/c1-21-11-15(4-6-17-7-5-15)14(20)18-8-9-22-13-3-2-12(16)10-19-13;;/h2-3,10,17H,4-9,11H2,1H3,(H,18,20);2*1H. The van der Waals surface area contributed by atoms with E-state index in [1.807, 2.05) is 0 Å². The molecule has 0 unspecified atom stereocenters. The number of aromatic nitrogens is 1. The number of nitrogens with zero attached hydrogens (tertiary/aromatic N) is 1. The monoisotopic (exact) mass is 399 g/mol. The van der Waals surface area contributed by atoms with Crippen LogP contribution >= 0.6 is 36.4 Å². The maximum atomic E-state index is 12.5.